The van der Waals surface area contributed by atoms with Gasteiger partial charge in [0, 0.05) is 12.2 Å². The van der Waals surface area contributed by atoms with E-state index >= 15 is 0 Å². The predicted octanol–water partition coefficient (Wildman–Crippen LogP) is 1.15. The van der Waals surface area contributed by atoms with Crippen molar-refractivity contribution in [2.45, 2.75) is 13.0 Å². The van der Waals surface area contributed by atoms with Crippen molar-refractivity contribution in [3.8, 4) is 0 Å². The number of halogens is 2. The molecule has 1 amide bonds. The van der Waals surface area contributed by atoms with Crippen LogP contribution in [-0.4, -0.2) is 12.3 Å². The minimum absolute atomic E-state index is 0.0868. The van der Waals surface area contributed by atoms with E-state index < -0.39 is 12.3 Å². The van der Waals surface area contributed by atoms with Crippen molar-refractivity contribution >= 4 is 11.6 Å². The number of nitrogens with two attached hydrogens (primary N) is 1. The van der Waals surface area contributed by atoms with Crippen LogP contribution < -0.4 is 11.1 Å². The van der Waals surface area contributed by atoms with Gasteiger partial charge in [-0.3, -0.25) is 4.79 Å². The van der Waals surface area contributed by atoms with Crippen LogP contribution in [0.4, 0.5) is 14.5 Å². The maximum absolute atomic E-state index is 11.8. The molecule has 0 spiro atoms. The summed E-state index contributed by atoms with van der Waals surface area (Å²) < 4.78 is 23.5. The normalized spacial score (nSPS) is 10.2. The highest BCUT2D eigenvalue weighted by Gasteiger charge is 2.13. The Morgan fingerprint density at radius 3 is 2.43 bits per heavy atom. The smallest absolute Gasteiger partial charge is 0.315 e. The fourth-order valence-corrected chi connectivity index (χ4v) is 0.902. The van der Waals surface area contributed by atoms with Crippen LogP contribution >= 0.6 is 0 Å². The van der Waals surface area contributed by atoms with Gasteiger partial charge in [0.1, 0.15) is 0 Å². The summed E-state index contributed by atoms with van der Waals surface area (Å²) in [5.41, 5.74) is 6.74. The number of anilines is 1. The molecular formula is C9H10F2N2O. The first-order valence-electron chi connectivity index (χ1n) is 4.00. The Morgan fingerprint density at radius 1 is 1.36 bits per heavy atom. The Kier molecular flexibility index (Phi) is 3.39. The highest BCUT2D eigenvalue weighted by atomic mass is 19.3. The topological polar surface area (TPSA) is 55.1 Å². The van der Waals surface area contributed by atoms with Crippen LogP contribution in [-0.2, 0) is 11.3 Å². The molecule has 0 radical (unpaired) electrons. The van der Waals surface area contributed by atoms with Crippen molar-refractivity contribution in [2.75, 3.05) is 5.73 Å². The summed E-state index contributed by atoms with van der Waals surface area (Å²) in [5.74, 6) is -1.26. The molecule has 0 aliphatic carbocycles. The van der Waals surface area contributed by atoms with E-state index in [-0.39, 0.29) is 6.54 Å². The standard InChI is InChI=1S/C9H10F2N2O/c10-8(11)9(14)13-5-6-1-3-7(12)4-2-6/h1-4,8H,5,12H2,(H,13,14). The maximum atomic E-state index is 11.8. The molecule has 0 atom stereocenters. The van der Waals surface area contributed by atoms with Crippen LogP contribution in [0.3, 0.4) is 0 Å². The molecular weight excluding hydrogens is 190 g/mol. The van der Waals surface area contributed by atoms with Gasteiger partial charge in [0.05, 0.1) is 0 Å². The first kappa shape index (κ1) is 10.4. The fourth-order valence-electron chi connectivity index (χ4n) is 0.902. The van der Waals surface area contributed by atoms with E-state index in [0.717, 1.165) is 5.56 Å². The number of nitrogen functional groups attached to an aromatic ring is 1. The van der Waals surface area contributed by atoms with Crippen molar-refractivity contribution in [1.29, 1.82) is 0 Å². The highest BCUT2D eigenvalue weighted by Crippen LogP contribution is 2.05. The zero-order chi connectivity index (χ0) is 10.6. The van der Waals surface area contributed by atoms with Gasteiger partial charge in [-0.2, -0.15) is 8.78 Å². The molecule has 3 N–H and O–H groups in total. The Labute approximate surface area is 79.9 Å². The minimum atomic E-state index is -2.97. The largest absolute Gasteiger partial charge is 0.399 e. The number of hydrogen-bond acceptors (Lipinski definition) is 2. The molecule has 0 saturated carbocycles. The zero-order valence-corrected chi connectivity index (χ0v) is 7.34. The monoisotopic (exact) mass is 200 g/mol. The molecule has 0 unspecified atom stereocenters. The van der Waals surface area contributed by atoms with Crippen LogP contribution in [0.15, 0.2) is 24.3 Å². The second-order valence-electron chi connectivity index (χ2n) is 2.76. The third kappa shape index (κ3) is 3.01. The molecule has 0 aliphatic rings. The van der Waals surface area contributed by atoms with Crippen molar-refractivity contribution < 1.29 is 13.6 Å². The zero-order valence-electron chi connectivity index (χ0n) is 7.34. The summed E-state index contributed by atoms with van der Waals surface area (Å²) in [4.78, 5) is 10.5. The Balaban J connectivity index is 2.46. The number of carbonyl (C=O) groups is 1. The van der Waals surface area contributed by atoms with Gasteiger partial charge in [-0.15, -0.1) is 0 Å². The third-order valence-corrected chi connectivity index (χ3v) is 1.64. The third-order valence-electron chi connectivity index (χ3n) is 1.64. The van der Waals surface area contributed by atoms with Crippen LogP contribution in [0.25, 0.3) is 0 Å². The van der Waals surface area contributed by atoms with Gasteiger partial charge in [-0.1, -0.05) is 12.1 Å². The average molecular weight is 200 g/mol. The van der Waals surface area contributed by atoms with Crippen molar-refractivity contribution in [2.24, 2.45) is 0 Å². The SMILES string of the molecule is Nc1ccc(CNC(=O)C(F)F)cc1. The van der Waals surface area contributed by atoms with Crippen molar-refractivity contribution in [1.82, 2.24) is 5.32 Å². The quantitative estimate of drug-likeness (QED) is 0.719. The van der Waals surface area contributed by atoms with E-state index in [4.69, 9.17) is 5.73 Å². The van der Waals surface area contributed by atoms with Gasteiger partial charge in [-0.05, 0) is 17.7 Å². The number of rotatable bonds is 3. The Bertz CT molecular complexity index is 311. The van der Waals surface area contributed by atoms with Crippen LogP contribution in [0.5, 0.6) is 0 Å². The molecule has 14 heavy (non-hydrogen) atoms. The molecule has 0 aliphatic heterocycles. The molecule has 0 saturated heterocycles. The number of carbonyl (C=O) groups excluding carboxylic acids is 1. The summed E-state index contributed by atoms with van der Waals surface area (Å²) >= 11 is 0. The number of benzene rings is 1. The van der Waals surface area contributed by atoms with Crippen molar-refractivity contribution in [3.05, 3.63) is 29.8 Å². The summed E-state index contributed by atoms with van der Waals surface area (Å²) in [5, 5.41) is 2.09. The van der Waals surface area contributed by atoms with E-state index in [2.05, 4.69) is 5.32 Å². The molecule has 1 rings (SSSR count). The number of nitrogens with one attached hydrogen (secondary N) is 1. The number of hydrogen-bond donors (Lipinski definition) is 2. The molecule has 3 nitrogen and oxygen atoms in total. The Hall–Kier alpha value is -1.65. The molecule has 0 fully saturated rings. The lowest BCUT2D eigenvalue weighted by atomic mass is 10.2. The molecule has 76 valence electrons. The summed E-state index contributed by atoms with van der Waals surface area (Å²) in [7, 11) is 0. The van der Waals surface area contributed by atoms with Crippen LogP contribution in [0, 0.1) is 0 Å². The van der Waals surface area contributed by atoms with Crippen molar-refractivity contribution in [3.63, 3.8) is 0 Å². The maximum Gasteiger partial charge on any atom is 0.315 e. The van der Waals surface area contributed by atoms with Gasteiger partial charge in [0.2, 0.25) is 0 Å². The van der Waals surface area contributed by atoms with Gasteiger partial charge in [-0.25, -0.2) is 0 Å². The molecule has 1 aromatic rings. The van der Waals surface area contributed by atoms with Gasteiger partial charge in [0.25, 0.3) is 5.91 Å². The van der Waals surface area contributed by atoms with E-state index in [1.807, 2.05) is 0 Å². The lowest BCUT2D eigenvalue weighted by molar-refractivity contribution is -0.131. The highest BCUT2D eigenvalue weighted by molar-refractivity contribution is 5.79. The van der Waals surface area contributed by atoms with E-state index in [9.17, 15) is 13.6 Å². The van der Waals surface area contributed by atoms with E-state index in [1.165, 1.54) is 0 Å². The number of amides is 1. The molecule has 1 aromatic carbocycles. The molecule has 0 aromatic heterocycles. The van der Waals surface area contributed by atoms with Gasteiger partial charge in [0.15, 0.2) is 0 Å². The predicted molar refractivity (Wildman–Crippen MR) is 48.7 cm³/mol. The molecule has 5 heteroatoms. The lowest BCUT2D eigenvalue weighted by Crippen LogP contribution is -2.28. The lowest BCUT2D eigenvalue weighted by Gasteiger charge is -2.04. The number of alkyl halides is 2. The average Bonchev–Trinajstić information content (AvgIpc) is 2.16. The Morgan fingerprint density at radius 2 is 1.93 bits per heavy atom. The minimum Gasteiger partial charge on any atom is -0.399 e. The van der Waals surface area contributed by atoms with Gasteiger partial charge < -0.3 is 11.1 Å². The summed E-state index contributed by atoms with van der Waals surface area (Å²) in [6.45, 7) is 0.0868. The summed E-state index contributed by atoms with van der Waals surface area (Å²) in [6.07, 6.45) is -2.97. The van der Waals surface area contributed by atoms with Gasteiger partial charge >= 0.3 is 6.43 Å². The molecule has 0 heterocycles. The first-order chi connectivity index (χ1) is 6.59. The first-order valence-corrected chi connectivity index (χ1v) is 4.00. The second-order valence-corrected chi connectivity index (χ2v) is 2.76. The summed E-state index contributed by atoms with van der Waals surface area (Å²) in [6, 6.07) is 6.62. The second kappa shape index (κ2) is 4.55. The van der Waals surface area contributed by atoms with Crippen LogP contribution in [0.2, 0.25) is 0 Å². The van der Waals surface area contributed by atoms with E-state index in [1.54, 1.807) is 24.3 Å². The fraction of sp³-hybridized carbons (Fsp3) is 0.222. The van der Waals surface area contributed by atoms with Crippen LogP contribution in [0.1, 0.15) is 5.56 Å². The molecule has 0 bridgehead atoms. The van der Waals surface area contributed by atoms with E-state index in [0.29, 0.717) is 5.69 Å².